The van der Waals surface area contributed by atoms with E-state index in [0.717, 1.165) is 24.2 Å². The summed E-state index contributed by atoms with van der Waals surface area (Å²) in [6, 6.07) is 8.58. The van der Waals surface area contributed by atoms with Gasteiger partial charge in [-0.2, -0.15) is 0 Å². The van der Waals surface area contributed by atoms with Crippen LogP contribution in [-0.2, 0) is 4.74 Å². The van der Waals surface area contributed by atoms with Crippen molar-refractivity contribution < 1.29 is 9.47 Å². The minimum absolute atomic E-state index is 0.221. The highest BCUT2D eigenvalue weighted by Gasteiger charge is 2.40. The molecule has 1 aromatic rings. The average Bonchev–Trinajstić information content (AvgIpc) is 2.55. The summed E-state index contributed by atoms with van der Waals surface area (Å²) in [6.07, 6.45) is 5.56. The molecule has 1 aliphatic heterocycles. The lowest BCUT2D eigenvalue weighted by Crippen LogP contribution is -2.40. The standard InChI is InChI=1S/C24H40O2/c1-17(2)8-10-20(11-9-18(3)4)19(5)26-22-14-12-21(13-15-22)23-24(6,7)16-25-23/h12-15,17-20,23H,8-11,16H2,1-7H3. The second kappa shape index (κ2) is 9.26. The Kier molecular flexibility index (Phi) is 7.58. The molecule has 2 nitrogen and oxygen atoms in total. The summed E-state index contributed by atoms with van der Waals surface area (Å²) in [4.78, 5) is 0. The fraction of sp³-hybridized carbons (Fsp3) is 0.750. The van der Waals surface area contributed by atoms with Crippen LogP contribution in [0.1, 0.15) is 85.8 Å². The van der Waals surface area contributed by atoms with E-state index in [0.29, 0.717) is 5.92 Å². The molecule has 1 fully saturated rings. The van der Waals surface area contributed by atoms with Gasteiger partial charge in [-0.25, -0.2) is 0 Å². The number of ether oxygens (including phenoxy) is 2. The lowest BCUT2D eigenvalue weighted by Gasteiger charge is -2.44. The summed E-state index contributed by atoms with van der Waals surface area (Å²) in [5, 5.41) is 0. The first-order chi connectivity index (χ1) is 12.2. The number of benzene rings is 1. The van der Waals surface area contributed by atoms with Gasteiger partial charge in [0.15, 0.2) is 0 Å². The van der Waals surface area contributed by atoms with Crippen LogP contribution in [0.4, 0.5) is 0 Å². The Morgan fingerprint density at radius 3 is 1.85 bits per heavy atom. The lowest BCUT2D eigenvalue weighted by atomic mass is 9.79. The predicted octanol–water partition coefficient (Wildman–Crippen LogP) is 7.04. The van der Waals surface area contributed by atoms with Crippen molar-refractivity contribution in [2.45, 2.75) is 86.4 Å². The Hall–Kier alpha value is -1.02. The second-order valence-corrected chi connectivity index (χ2v) is 9.77. The predicted molar refractivity (Wildman–Crippen MR) is 111 cm³/mol. The van der Waals surface area contributed by atoms with Crippen LogP contribution in [0.3, 0.4) is 0 Å². The topological polar surface area (TPSA) is 18.5 Å². The van der Waals surface area contributed by atoms with Crippen molar-refractivity contribution in [2.24, 2.45) is 23.2 Å². The lowest BCUT2D eigenvalue weighted by molar-refractivity contribution is -0.172. The molecule has 0 spiro atoms. The molecule has 1 aromatic carbocycles. The van der Waals surface area contributed by atoms with Gasteiger partial charge in [0, 0.05) is 5.41 Å². The van der Waals surface area contributed by atoms with Crippen molar-refractivity contribution in [3.8, 4) is 5.75 Å². The van der Waals surface area contributed by atoms with Gasteiger partial charge in [0.05, 0.1) is 18.8 Å². The summed E-state index contributed by atoms with van der Waals surface area (Å²) in [5.74, 6) is 3.13. The van der Waals surface area contributed by atoms with E-state index in [-0.39, 0.29) is 17.6 Å². The Morgan fingerprint density at radius 2 is 1.46 bits per heavy atom. The van der Waals surface area contributed by atoms with Gasteiger partial charge >= 0.3 is 0 Å². The van der Waals surface area contributed by atoms with Gasteiger partial charge in [-0.3, -0.25) is 0 Å². The molecule has 2 rings (SSSR count). The average molecular weight is 361 g/mol. The highest BCUT2D eigenvalue weighted by atomic mass is 16.5. The molecule has 2 heteroatoms. The Bertz CT molecular complexity index is 518. The Balaban J connectivity index is 1.94. The molecule has 0 saturated carbocycles. The molecule has 0 aromatic heterocycles. The summed E-state index contributed by atoms with van der Waals surface area (Å²) in [5.41, 5.74) is 1.51. The third-order valence-electron chi connectivity index (χ3n) is 5.73. The fourth-order valence-electron chi connectivity index (χ4n) is 3.79. The molecule has 2 atom stereocenters. The molecule has 0 N–H and O–H groups in total. The van der Waals surface area contributed by atoms with Crippen LogP contribution < -0.4 is 4.74 Å². The van der Waals surface area contributed by atoms with Crippen molar-refractivity contribution in [3.63, 3.8) is 0 Å². The first-order valence-corrected chi connectivity index (χ1v) is 10.6. The van der Waals surface area contributed by atoms with Crippen LogP contribution in [0.5, 0.6) is 5.75 Å². The largest absolute Gasteiger partial charge is 0.490 e. The number of hydrogen-bond acceptors (Lipinski definition) is 2. The Morgan fingerprint density at radius 1 is 0.923 bits per heavy atom. The van der Waals surface area contributed by atoms with Crippen molar-refractivity contribution in [3.05, 3.63) is 29.8 Å². The second-order valence-electron chi connectivity index (χ2n) is 9.77. The molecule has 1 aliphatic rings. The van der Waals surface area contributed by atoms with Gasteiger partial charge in [0.2, 0.25) is 0 Å². The maximum Gasteiger partial charge on any atom is 0.119 e. The summed E-state index contributed by atoms with van der Waals surface area (Å²) in [6.45, 7) is 16.9. The zero-order chi connectivity index (χ0) is 19.3. The van der Waals surface area contributed by atoms with Crippen LogP contribution in [0.15, 0.2) is 24.3 Å². The van der Waals surface area contributed by atoms with Gasteiger partial charge < -0.3 is 9.47 Å². The smallest absolute Gasteiger partial charge is 0.119 e. The maximum absolute atomic E-state index is 6.34. The molecule has 26 heavy (non-hydrogen) atoms. The van der Waals surface area contributed by atoms with E-state index >= 15 is 0 Å². The van der Waals surface area contributed by atoms with E-state index in [1.165, 1.54) is 31.2 Å². The zero-order valence-corrected chi connectivity index (χ0v) is 18.0. The maximum atomic E-state index is 6.34. The molecule has 0 bridgehead atoms. The van der Waals surface area contributed by atoms with Crippen LogP contribution >= 0.6 is 0 Å². The third kappa shape index (κ3) is 6.01. The van der Waals surface area contributed by atoms with Crippen LogP contribution in [0.25, 0.3) is 0 Å². The molecule has 1 saturated heterocycles. The zero-order valence-electron chi connectivity index (χ0n) is 18.0. The van der Waals surface area contributed by atoms with E-state index < -0.39 is 0 Å². The molecule has 0 radical (unpaired) electrons. The molecule has 0 aliphatic carbocycles. The highest BCUT2D eigenvalue weighted by Crippen LogP contribution is 2.45. The van der Waals surface area contributed by atoms with Gasteiger partial charge in [0.1, 0.15) is 5.75 Å². The SMILES string of the molecule is CC(C)CCC(CCC(C)C)C(C)Oc1ccc(C2OCC2(C)C)cc1. The van der Waals surface area contributed by atoms with Crippen LogP contribution in [0.2, 0.25) is 0 Å². The van der Waals surface area contributed by atoms with E-state index in [9.17, 15) is 0 Å². The van der Waals surface area contributed by atoms with Gasteiger partial charge in [-0.05, 0) is 55.2 Å². The van der Waals surface area contributed by atoms with Crippen LogP contribution in [-0.4, -0.2) is 12.7 Å². The quantitative estimate of drug-likeness (QED) is 0.445. The summed E-state index contributed by atoms with van der Waals surface area (Å²) >= 11 is 0. The third-order valence-corrected chi connectivity index (χ3v) is 5.73. The van der Waals surface area contributed by atoms with E-state index in [2.05, 4.69) is 72.7 Å². The first kappa shape index (κ1) is 21.3. The van der Waals surface area contributed by atoms with Crippen molar-refractivity contribution in [1.29, 1.82) is 0 Å². The molecule has 148 valence electrons. The molecule has 2 unspecified atom stereocenters. The van der Waals surface area contributed by atoms with Crippen molar-refractivity contribution in [2.75, 3.05) is 6.61 Å². The van der Waals surface area contributed by atoms with Gasteiger partial charge in [-0.1, -0.05) is 66.5 Å². The minimum Gasteiger partial charge on any atom is -0.490 e. The van der Waals surface area contributed by atoms with Crippen LogP contribution in [0, 0.1) is 23.2 Å². The number of rotatable bonds is 10. The van der Waals surface area contributed by atoms with Crippen molar-refractivity contribution >= 4 is 0 Å². The highest BCUT2D eigenvalue weighted by molar-refractivity contribution is 5.30. The van der Waals surface area contributed by atoms with E-state index in [4.69, 9.17) is 9.47 Å². The molecular weight excluding hydrogens is 320 g/mol. The van der Waals surface area contributed by atoms with Gasteiger partial charge in [-0.15, -0.1) is 0 Å². The first-order valence-electron chi connectivity index (χ1n) is 10.6. The fourth-order valence-corrected chi connectivity index (χ4v) is 3.79. The summed E-state index contributed by atoms with van der Waals surface area (Å²) < 4.78 is 12.1. The molecule has 1 heterocycles. The van der Waals surface area contributed by atoms with E-state index in [1.54, 1.807) is 0 Å². The van der Waals surface area contributed by atoms with Crippen molar-refractivity contribution in [1.82, 2.24) is 0 Å². The summed E-state index contributed by atoms with van der Waals surface area (Å²) in [7, 11) is 0. The van der Waals surface area contributed by atoms with E-state index in [1.807, 2.05) is 0 Å². The number of hydrogen-bond donors (Lipinski definition) is 0. The normalized spacial score (nSPS) is 20.5. The van der Waals surface area contributed by atoms with Gasteiger partial charge in [0.25, 0.3) is 0 Å². The minimum atomic E-state index is 0.221. The molecular formula is C24H40O2. The molecule has 0 amide bonds. The Labute approximate surface area is 161 Å². The monoisotopic (exact) mass is 360 g/mol.